The Hall–Kier alpha value is -1.85. The molecule has 1 aromatic carbocycles. The van der Waals surface area contributed by atoms with Gasteiger partial charge in [-0.15, -0.1) is 0 Å². The topological polar surface area (TPSA) is 64.4 Å². The summed E-state index contributed by atoms with van der Waals surface area (Å²) in [4.78, 5) is 12.5. The zero-order valence-electron chi connectivity index (χ0n) is 12.3. The molecule has 1 aromatic heterocycles. The van der Waals surface area contributed by atoms with Gasteiger partial charge in [-0.05, 0) is 31.9 Å². The molecule has 0 bridgehead atoms. The summed E-state index contributed by atoms with van der Waals surface area (Å²) in [5.74, 6) is 0.178. The molecule has 1 fully saturated rings. The van der Waals surface area contributed by atoms with E-state index in [9.17, 15) is 4.79 Å². The van der Waals surface area contributed by atoms with Crippen LogP contribution in [0.2, 0.25) is 5.02 Å². The molecule has 2 heterocycles. The molecule has 6 heteroatoms. The van der Waals surface area contributed by atoms with Crippen LogP contribution in [-0.2, 0) is 4.74 Å². The molecule has 116 valence electrons. The van der Waals surface area contributed by atoms with Crippen molar-refractivity contribution < 1.29 is 14.1 Å². The standard InChI is InChI=1S/C16H17ClN2O3/c1-10-14(16(20)18-9-11-5-4-8-21-11)15(22-19-10)12-6-2-3-7-13(12)17/h2-3,6-7,11H,4-5,8-9H2,1H3,(H,18,20). The van der Waals surface area contributed by atoms with Crippen molar-refractivity contribution in [2.75, 3.05) is 13.2 Å². The number of halogens is 1. The van der Waals surface area contributed by atoms with Gasteiger partial charge in [0.15, 0.2) is 5.76 Å². The lowest BCUT2D eigenvalue weighted by atomic mass is 10.1. The number of aromatic nitrogens is 1. The maximum Gasteiger partial charge on any atom is 0.257 e. The van der Waals surface area contributed by atoms with Crippen LogP contribution < -0.4 is 5.32 Å². The number of benzene rings is 1. The Labute approximate surface area is 133 Å². The van der Waals surface area contributed by atoms with Gasteiger partial charge in [-0.2, -0.15) is 0 Å². The van der Waals surface area contributed by atoms with E-state index in [2.05, 4.69) is 10.5 Å². The van der Waals surface area contributed by atoms with Crippen LogP contribution in [0.25, 0.3) is 11.3 Å². The molecule has 1 atom stereocenters. The first-order valence-corrected chi connectivity index (χ1v) is 7.65. The van der Waals surface area contributed by atoms with Crippen molar-refractivity contribution in [2.24, 2.45) is 0 Å². The second-order valence-electron chi connectivity index (χ2n) is 5.30. The van der Waals surface area contributed by atoms with Gasteiger partial charge >= 0.3 is 0 Å². The lowest BCUT2D eigenvalue weighted by Crippen LogP contribution is -2.32. The van der Waals surface area contributed by atoms with Crippen molar-refractivity contribution >= 4 is 17.5 Å². The first kappa shape index (κ1) is 15.1. The summed E-state index contributed by atoms with van der Waals surface area (Å²) in [7, 11) is 0. The highest BCUT2D eigenvalue weighted by molar-refractivity contribution is 6.33. The first-order chi connectivity index (χ1) is 10.7. The molecule has 3 rings (SSSR count). The number of aryl methyl sites for hydroxylation is 1. The third kappa shape index (κ3) is 3.00. The van der Waals surface area contributed by atoms with Crippen molar-refractivity contribution in [3.05, 3.63) is 40.5 Å². The van der Waals surface area contributed by atoms with Gasteiger partial charge in [0.2, 0.25) is 0 Å². The molecule has 1 N–H and O–H groups in total. The number of carbonyl (C=O) groups excluding carboxylic acids is 1. The number of ether oxygens (including phenoxy) is 1. The molecule has 0 radical (unpaired) electrons. The summed E-state index contributed by atoms with van der Waals surface area (Å²) < 4.78 is 10.8. The molecule has 1 unspecified atom stereocenters. The fourth-order valence-electron chi connectivity index (χ4n) is 2.57. The minimum Gasteiger partial charge on any atom is -0.376 e. The van der Waals surface area contributed by atoms with E-state index in [1.165, 1.54) is 0 Å². The van der Waals surface area contributed by atoms with E-state index in [0.717, 1.165) is 19.4 Å². The number of nitrogens with one attached hydrogen (secondary N) is 1. The molecular weight excluding hydrogens is 304 g/mol. The molecule has 5 nitrogen and oxygen atoms in total. The third-order valence-electron chi connectivity index (χ3n) is 3.72. The van der Waals surface area contributed by atoms with Crippen LogP contribution in [0.5, 0.6) is 0 Å². The van der Waals surface area contributed by atoms with Gasteiger partial charge < -0.3 is 14.6 Å². The third-order valence-corrected chi connectivity index (χ3v) is 4.05. The minimum absolute atomic E-state index is 0.0906. The van der Waals surface area contributed by atoms with Crippen LogP contribution in [0.4, 0.5) is 0 Å². The largest absolute Gasteiger partial charge is 0.376 e. The van der Waals surface area contributed by atoms with Crippen LogP contribution in [-0.4, -0.2) is 30.3 Å². The number of carbonyl (C=O) groups is 1. The van der Waals surface area contributed by atoms with Gasteiger partial charge in [-0.3, -0.25) is 4.79 Å². The Bertz CT molecular complexity index is 678. The van der Waals surface area contributed by atoms with E-state index in [0.29, 0.717) is 34.1 Å². The highest BCUT2D eigenvalue weighted by Crippen LogP contribution is 2.31. The van der Waals surface area contributed by atoms with Crippen LogP contribution >= 0.6 is 11.6 Å². The smallest absolute Gasteiger partial charge is 0.257 e. The molecule has 1 aliphatic heterocycles. The van der Waals surface area contributed by atoms with Crippen molar-refractivity contribution in [3.63, 3.8) is 0 Å². The van der Waals surface area contributed by atoms with Gasteiger partial charge in [0, 0.05) is 18.7 Å². The van der Waals surface area contributed by atoms with Crippen molar-refractivity contribution in [2.45, 2.75) is 25.9 Å². The van der Waals surface area contributed by atoms with Crippen LogP contribution in [0.15, 0.2) is 28.8 Å². The highest BCUT2D eigenvalue weighted by atomic mass is 35.5. The molecule has 1 saturated heterocycles. The van der Waals surface area contributed by atoms with E-state index < -0.39 is 0 Å². The summed E-state index contributed by atoms with van der Waals surface area (Å²) in [5, 5.41) is 7.32. The quantitative estimate of drug-likeness (QED) is 0.939. The Kier molecular flexibility index (Phi) is 4.45. The molecule has 0 spiro atoms. The lowest BCUT2D eigenvalue weighted by Gasteiger charge is -2.11. The monoisotopic (exact) mass is 320 g/mol. The summed E-state index contributed by atoms with van der Waals surface area (Å²) in [6.45, 7) is 2.99. The van der Waals surface area contributed by atoms with Crippen molar-refractivity contribution in [1.29, 1.82) is 0 Å². The second kappa shape index (κ2) is 6.50. The van der Waals surface area contributed by atoms with Gasteiger partial charge in [0.05, 0.1) is 16.8 Å². The molecule has 1 aliphatic rings. The van der Waals surface area contributed by atoms with Crippen molar-refractivity contribution in [3.8, 4) is 11.3 Å². The molecule has 2 aromatic rings. The first-order valence-electron chi connectivity index (χ1n) is 7.28. The molecular formula is C16H17ClN2O3. The number of hydrogen-bond donors (Lipinski definition) is 1. The van der Waals surface area contributed by atoms with E-state index >= 15 is 0 Å². The molecule has 1 amide bonds. The molecule has 0 saturated carbocycles. The van der Waals surface area contributed by atoms with E-state index in [4.69, 9.17) is 20.9 Å². The average molecular weight is 321 g/mol. The van der Waals surface area contributed by atoms with Gasteiger partial charge in [-0.25, -0.2) is 0 Å². The van der Waals surface area contributed by atoms with Crippen LogP contribution in [0.3, 0.4) is 0 Å². The van der Waals surface area contributed by atoms with Gasteiger partial charge in [0.1, 0.15) is 5.56 Å². The highest BCUT2D eigenvalue weighted by Gasteiger charge is 2.24. The Morgan fingerprint density at radius 1 is 1.45 bits per heavy atom. The fourth-order valence-corrected chi connectivity index (χ4v) is 2.79. The zero-order chi connectivity index (χ0) is 15.5. The zero-order valence-corrected chi connectivity index (χ0v) is 13.0. The Balaban J connectivity index is 1.82. The number of hydrogen-bond acceptors (Lipinski definition) is 4. The maximum absolute atomic E-state index is 12.5. The Morgan fingerprint density at radius 2 is 2.27 bits per heavy atom. The second-order valence-corrected chi connectivity index (χ2v) is 5.70. The van der Waals surface area contributed by atoms with Crippen LogP contribution in [0, 0.1) is 6.92 Å². The number of nitrogens with zero attached hydrogens (tertiary/aromatic N) is 1. The predicted molar refractivity (Wildman–Crippen MR) is 83.0 cm³/mol. The maximum atomic E-state index is 12.5. The van der Waals surface area contributed by atoms with Gasteiger partial charge in [-0.1, -0.05) is 28.9 Å². The minimum atomic E-state index is -0.218. The predicted octanol–water partition coefficient (Wildman–Crippen LogP) is 3.21. The van der Waals surface area contributed by atoms with E-state index in [1.54, 1.807) is 19.1 Å². The Morgan fingerprint density at radius 3 is 3.00 bits per heavy atom. The SMILES string of the molecule is Cc1noc(-c2ccccc2Cl)c1C(=O)NCC1CCCO1. The number of amides is 1. The summed E-state index contributed by atoms with van der Waals surface area (Å²) >= 11 is 6.19. The average Bonchev–Trinajstić information content (AvgIpc) is 3.15. The molecule has 0 aliphatic carbocycles. The van der Waals surface area contributed by atoms with Crippen molar-refractivity contribution in [1.82, 2.24) is 10.5 Å². The van der Waals surface area contributed by atoms with Crippen LogP contribution in [0.1, 0.15) is 28.9 Å². The lowest BCUT2D eigenvalue weighted by molar-refractivity contribution is 0.0857. The van der Waals surface area contributed by atoms with E-state index in [-0.39, 0.29) is 12.0 Å². The summed E-state index contributed by atoms with van der Waals surface area (Å²) in [5.41, 5.74) is 1.62. The summed E-state index contributed by atoms with van der Waals surface area (Å²) in [6.07, 6.45) is 2.10. The number of rotatable bonds is 4. The van der Waals surface area contributed by atoms with E-state index in [1.807, 2.05) is 12.1 Å². The van der Waals surface area contributed by atoms with Gasteiger partial charge in [0.25, 0.3) is 5.91 Å². The summed E-state index contributed by atoms with van der Waals surface area (Å²) in [6, 6.07) is 7.22. The normalized spacial score (nSPS) is 17.6. The molecule has 22 heavy (non-hydrogen) atoms. The fraction of sp³-hybridized carbons (Fsp3) is 0.375.